The Morgan fingerprint density at radius 3 is 1.04 bits per heavy atom. The summed E-state index contributed by atoms with van der Waals surface area (Å²) in [4.78, 5) is 0. The Morgan fingerprint density at radius 2 is 0.679 bits per heavy atom. The first-order chi connectivity index (χ1) is 27.0. The third-order valence-corrected chi connectivity index (χ3v) is 11.4. The molecule has 0 radical (unpaired) electrons. The number of fused-ring (bicyclic) bond motifs is 6. The molecule has 0 unspecified atom stereocenters. The van der Waals surface area contributed by atoms with E-state index in [9.17, 15) is 26.3 Å². The highest BCUT2D eigenvalue weighted by atomic mass is 19.4. The van der Waals surface area contributed by atoms with E-state index in [1.54, 1.807) is 24.3 Å². The van der Waals surface area contributed by atoms with Crippen molar-refractivity contribution in [3.8, 4) is 22.3 Å². The minimum absolute atomic E-state index is 0.667. The van der Waals surface area contributed by atoms with Crippen LogP contribution < -0.4 is 0 Å². The van der Waals surface area contributed by atoms with Crippen molar-refractivity contribution in [3.05, 3.63) is 108 Å². The lowest BCUT2D eigenvalue weighted by molar-refractivity contribution is -0.138. The standard InChI is InChI=1S/C48H50F6N2/c1-3-5-7-9-11-13-27-55-43-25-19-35(33-15-21-37(22-16-33)47(49,50)51)29-39(43)41-32-46-42(31-45(41)55)40-30-36(34-17-23-38(24-18-34)48(52,53)54)20-26-44(40)56(46)28-14-12-10-8-6-4-2/h15-26,29-32H,3-14,27-28H2,1-2H3. The van der Waals surface area contributed by atoms with Crippen LogP contribution in [-0.2, 0) is 25.4 Å². The lowest BCUT2D eigenvalue weighted by Crippen LogP contribution is -2.03. The van der Waals surface area contributed by atoms with Crippen molar-refractivity contribution >= 4 is 43.6 Å². The van der Waals surface area contributed by atoms with Crippen molar-refractivity contribution in [3.63, 3.8) is 0 Å². The first-order valence-electron chi connectivity index (χ1n) is 20.3. The molecule has 0 amide bonds. The zero-order chi connectivity index (χ0) is 39.5. The highest BCUT2D eigenvalue weighted by molar-refractivity contribution is 6.18. The monoisotopic (exact) mass is 768 g/mol. The summed E-state index contributed by atoms with van der Waals surface area (Å²) in [6, 6.07) is 27.8. The lowest BCUT2D eigenvalue weighted by atomic mass is 10.00. The largest absolute Gasteiger partial charge is 0.416 e. The maximum Gasteiger partial charge on any atom is 0.416 e. The van der Waals surface area contributed by atoms with E-state index >= 15 is 0 Å². The second kappa shape index (κ2) is 16.8. The third-order valence-electron chi connectivity index (χ3n) is 11.4. The van der Waals surface area contributed by atoms with Crippen molar-refractivity contribution in [1.82, 2.24) is 9.13 Å². The lowest BCUT2D eigenvalue weighted by Gasteiger charge is -2.10. The highest BCUT2D eigenvalue weighted by Crippen LogP contribution is 2.41. The maximum absolute atomic E-state index is 13.4. The number of nitrogens with zero attached hydrogens (tertiary/aromatic N) is 2. The van der Waals surface area contributed by atoms with E-state index in [1.807, 2.05) is 12.1 Å². The van der Waals surface area contributed by atoms with Crippen molar-refractivity contribution < 1.29 is 26.3 Å². The number of hydrogen-bond acceptors (Lipinski definition) is 0. The SMILES string of the molecule is CCCCCCCCn1c2ccc(-c3ccc(C(F)(F)F)cc3)cc2c2cc3c(cc21)c1cc(-c2ccc(C(F)(F)F)cc2)ccc1n3CCCCCCCC. The van der Waals surface area contributed by atoms with Crippen molar-refractivity contribution in [2.24, 2.45) is 0 Å². The molecule has 0 aliphatic carbocycles. The Bertz CT molecular complexity index is 2240. The normalized spacial score (nSPS) is 12.6. The number of aryl methyl sites for hydroxylation is 2. The Morgan fingerprint density at radius 1 is 0.357 bits per heavy atom. The van der Waals surface area contributed by atoms with Crippen molar-refractivity contribution in [1.29, 1.82) is 0 Å². The fourth-order valence-electron chi connectivity index (χ4n) is 8.33. The van der Waals surface area contributed by atoms with E-state index in [-0.39, 0.29) is 0 Å². The summed E-state index contributed by atoms with van der Waals surface area (Å²) in [5, 5.41) is 4.32. The summed E-state index contributed by atoms with van der Waals surface area (Å²) in [6.45, 7) is 6.11. The molecule has 0 saturated heterocycles. The van der Waals surface area contributed by atoms with Gasteiger partial charge in [-0.05, 0) is 95.8 Å². The molecule has 0 atom stereocenters. The van der Waals surface area contributed by atoms with Crippen LogP contribution in [0.25, 0.3) is 65.9 Å². The van der Waals surface area contributed by atoms with E-state index in [2.05, 4.69) is 59.4 Å². The molecular weight excluding hydrogens is 719 g/mol. The number of rotatable bonds is 16. The van der Waals surface area contributed by atoms with Gasteiger partial charge in [0.05, 0.1) is 11.1 Å². The Hall–Kier alpha value is -4.72. The summed E-state index contributed by atoms with van der Waals surface area (Å²) in [6.07, 6.45) is 5.18. The van der Waals surface area contributed by atoms with Crippen LogP contribution in [0.4, 0.5) is 26.3 Å². The topological polar surface area (TPSA) is 9.86 Å². The molecular formula is C48H50F6N2. The van der Waals surface area contributed by atoms with Crippen molar-refractivity contribution in [2.45, 2.75) is 116 Å². The van der Waals surface area contributed by atoms with Gasteiger partial charge < -0.3 is 9.13 Å². The Labute approximate surface area is 325 Å². The first kappa shape index (κ1) is 39.5. The van der Waals surface area contributed by atoms with Crippen LogP contribution in [0.2, 0.25) is 0 Å². The van der Waals surface area contributed by atoms with E-state index in [1.165, 1.54) is 51.4 Å². The van der Waals surface area contributed by atoms with Crippen LogP contribution in [0.3, 0.4) is 0 Å². The predicted molar refractivity (Wildman–Crippen MR) is 220 cm³/mol. The van der Waals surface area contributed by atoms with Gasteiger partial charge in [-0.15, -0.1) is 0 Å². The summed E-state index contributed by atoms with van der Waals surface area (Å²) < 4.78 is 85.2. The van der Waals surface area contributed by atoms with E-state index in [0.29, 0.717) is 0 Å². The van der Waals surface area contributed by atoms with Gasteiger partial charge in [0.25, 0.3) is 0 Å². The molecule has 0 aliphatic rings. The van der Waals surface area contributed by atoms with Gasteiger partial charge in [-0.3, -0.25) is 0 Å². The number of aromatic nitrogens is 2. The number of benzene rings is 5. The van der Waals surface area contributed by atoms with Gasteiger partial charge in [-0.1, -0.05) is 114 Å². The van der Waals surface area contributed by atoms with Gasteiger partial charge in [-0.25, -0.2) is 0 Å². The number of hydrogen-bond donors (Lipinski definition) is 0. The predicted octanol–water partition coefficient (Wildman–Crippen LogP) is 16.0. The maximum atomic E-state index is 13.4. The summed E-state index contributed by atoms with van der Waals surface area (Å²) in [7, 11) is 0. The van der Waals surface area contributed by atoms with Gasteiger partial charge in [0.2, 0.25) is 0 Å². The fourth-order valence-corrected chi connectivity index (χ4v) is 8.33. The zero-order valence-corrected chi connectivity index (χ0v) is 32.3. The van der Waals surface area contributed by atoms with Gasteiger partial charge in [0.15, 0.2) is 0 Å². The van der Waals surface area contributed by atoms with Gasteiger partial charge in [0.1, 0.15) is 0 Å². The molecule has 56 heavy (non-hydrogen) atoms. The molecule has 5 aromatic carbocycles. The van der Waals surface area contributed by atoms with Crippen LogP contribution in [0.1, 0.15) is 102 Å². The minimum Gasteiger partial charge on any atom is -0.340 e. The molecule has 0 spiro atoms. The highest BCUT2D eigenvalue weighted by Gasteiger charge is 2.31. The molecule has 8 heteroatoms. The van der Waals surface area contributed by atoms with Gasteiger partial charge >= 0.3 is 12.4 Å². The van der Waals surface area contributed by atoms with Crippen LogP contribution in [0.5, 0.6) is 0 Å². The summed E-state index contributed by atoms with van der Waals surface area (Å²) in [5.74, 6) is 0. The zero-order valence-electron chi connectivity index (χ0n) is 32.3. The second-order valence-electron chi connectivity index (χ2n) is 15.3. The summed E-state index contributed by atoms with van der Waals surface area (Å²) in [5.41, 5.74) is 6.23. The quantitative estimate of drug-likeness (QED) is 0.0684. The molecule has 7 rings (SSSR count). The minimum atomic E-state index is -4.40. The Kier molecular flexibility index (Phi) is 11.8. The van der Waals surface area contributed by atoms with Crippen LogP contribution in [-0.4, -0.2) is 9.13 Å². The molecule has 0 N–H and O–H groups in total. The smallest absolute Gasteiger partial charge is 0.340 e. The number of unbranched alkanes of at least 4 members (excludes halogenated alkanes) is 10. The molecule has 2 aromatic heterocycles. The first-order valence-corrected chi connectivity index (χ1v) is 20.3. The average Bonchev–Trinajstić information content (AvgIpc) is 3.66. The third kappa shape index (κ3) is 8.35. The van der Waals surface area contributed by atoms with E-state index < -0.39 is 23.5 Å². The average molecular weight is 769 g/mol. The number of halogens is 6. The van der Waals surface area contributed by atoms with Crippen LogP contribution >= 0.6 is 0 Å². The molecule has 0 saturated carbocycles. The van der Waals surface area contributed by atoms with Crippen LogP contribution in [0, 0.1) is 0 Å². The van der Waals surface area contributed by atoms with Crippen LogP contribution in [0.15, 0.2) is 97.1 Å². The second-order valence-corrected chi connectivity index (χ2v) is 15.3. The molecule has 0 aliphatic heterocycles. The molecule has 2 nitrogen and oxygen atoms in total. The molecule has 2 heterocycles. The molecule has 0 bridgehead atoms. The molecule has 294 valence electrons. The number of alkyl halides is 6. The fraction of sp³-hybridized carbons (Fsp3) is 0.375. The Balaban J connectivity index is 1.37. The summed E-state index contributed by atoms with van der Waals surface area (Å²) >= 11 is 0. The van der Waals surface area contributed by atoms with Crippen molar-refractivity contribution in [2.75, 3.05) is 0 Å². The van der Waals surface area contributed by atoms with Gasteiger partial charge in [-0.2, -0.15) is 26.3 Å². The molecule has 0 fully saturated rings. The van der Waals surface area contributed by atoms with E-state index in [4.69, 9.17) is 0 Å². The van der Waals surface area contributed by atoms with E-state index in [0.717, 1.165) is 129 Å². The van der Waals surface area contributed by atoms with Gasteiger partial charge in [0, 0.05) is 56.7 Å². The molecule has 7 aromatic rings.